The molecule has 0 atom stereocenters. The highest BCUT2D eigenvalue weighted by Gasteiger charge is 1.66. The Kier molecular flexibility index (Phi) is 48.4. The predicted molar refractivity (Wildman–Crippen MR) is 61.4 cm³/mol. The van der Waals surface area contributed by atoms with Crippen LogP contribution < -0.4 is 0 Å². The third kappa shape index (κ3) is 489. The van der Waals surface area contributed by atoms with E-state index in [0.29, 0.717) is 0 Å². The predicted octanol–water partition coefficient (Wildman–Crippen LogP) is -0.0279. The van der Waals surface area contributed by atoms with Gasteiger partial charge in [-0.15, -0.1) is 0 Å². The summed E-state index contributed by atoms with van der Waals surface area (Å²) >= 11 is 0. The second-order valence-electron chi connectivity index (χ2n) is 2.08. The number of carboxylic acid groups (broad SMARTS) is 4. The lowest BCUT2D eigenvalue weighted by molar-refractivity contribution is -0.135. The summed E-state index contributed by atoms with van der Waals surface area (Å²) in [6.07, 6.45) is 0. The summed E-state index contributed by atoms with van der Waals surface area (Å²) in [5.41, 5.74) is 0. The van der Waals surface area contributed by atoms with Gasteiger partial charge >= 0.3 is 0 Å². The van der Waals surface area contributed by atoms with Crippen LogP contribution in [0.25, 0.3) is 0 Å². The van der Waals surface area contributed by atoms with E-state index in [9.17, 15) is 0 Å². The lowest BCUT2D eigenvalue weighted by Gasteiger charge is -1.59. The molecule has 0 fully saturated rings. The van der Waals surface area contributed by atoms with Crippen molar-refractivity contribution < 1.29 is 44.7 Å². The first-order chi connectivity index (χ1) is 7.93. The van der Waals surface area contributed by atoms with E-state index in [1.807, 2.05) is 0 Å². The summed E-state index contributed by atoms with van der Waals surface area (Å²) < 4.78 is 0. The highest BCUT2D eigenvalue weighted by atomic mass is 16.4. The average Bonchev–Trinajstić information content (AvgIpc) is 2.01. The Bertz CT molecular complexity index is 158. The molecule has 0 saturated carbocycles. The third-order valence-electron chi connectivity index (χ3n) is 0. The maximum Gasteiger partial charge on any atom is 0.300 e. The number of carboxylic acids is 4. The highest BCUT2D eigenvalue weighted by molar-refractivity contribution is 5.63. The van der Waals surface area contributed by atoms with E-state index in [-0.39, 0.29) is 0 Å². The number of hydrogen-bond donors (Lipinski definition) is 5. The SMILES string of the molecule is CC(=O)O.CC(=O)O.CC(=O)O.CC(=O)O.CO. The minimum absolute atomic E-state index is 0.833. The molecule has 0 amide bonds. The molecule has 0 heterocycles. The molecule has 0 aromatic carbocycles. The number of hydrogen-bond acceptors (Lipinski definition) is 5. The number of rotatable bonds is 0. The molecular formula is C9H20O9. The van der Waals surface area contributed by atoms with Crippen molar-refractivity contribution >= 4 is 23.9 Å². The zero-order valence-electron chi connectivity index (χ0n) is 10.9. The lowest BCUT2D eigenvalue weighted by atomic mass is 10.9. The van der Waals surface area contributed by atoms with Crippen LogP contribution in [0, 0.1) is 0 Å². The molecule has 0 aliphatic rings. The van der Waals surface area contributed by atoms with Gasteiger partial charge in [0, 0.05) is 34.8 Å². The summed E-state index contributed by atoms with van der Waals surface area (Å²) in [6.45, 7) is 4.33. The van der Waals surface area contributed by atoms with Crippen molar-refractivity contribution in [3.8, 4) is 0 Å². The van der Waals surface area contributed by atoms with E-state index in [4.69, 9.17) is 44.7 Å². The van der Waals surface area contributed by atoms with Crippen molar-refractivity contribution in [1.82, 2.24) is 0 Å². The van der Waals surface area contributed by atoms with Crippen LogP contribution in [0.15, 0.2) is 0 Å². The van der Waals surface area contributed by atoms with Gasteiger partial charge in [0.25, 0.3) is 23.9 Å². The molecule has 0 saturated heterocycles. The first-order valence-electron chi connectivity index (χ1n) is 4.16. The number of aliphatic hydroxyl groups is 1. The Labute approximate surface area is 104 Å². The van der Waals surface area contributed by atoms with Gasteiger partial charge in [-0.25, -0.2) is 0 Å². The van der Waals surface area contributed by atoms with E-state index >= 15 is 0 Å². The summed E-state index contributed by atoms with van der Waals surface area (Å²) in [5, 5.41) is 36.7. The summed E-state index contributed by atoms with van der Waals surface area (Å²) in [5.74, 6) is -3.33. The van der Waals surface area contributed by atoms with Gasteiger partial charge in [-0.1, -0.05) is 0 Å². The fourth-order valence-electron chi connectivity index (χ4n) is 0. The first-order valence-corrected chi connectivity index (χ1v) is 4.16. The zero-order chi connectivity index (χ0) is 16.3. The lowest BCUT2D eigenvalue weighted by Crippen LogP contribution is -1.78. The Morgan fingerprint density at radius 2 is 0.500 bits per heavy atom. The molecule has 0 unspecified atom stereocenters. The molecule has 18 heavy (non-hydrogen) atoms. The van der Waals surface area contributed by atoms with E-state index in [1.54, 1.807) is 0 Å². The van der Waals surface area contributed by atoms with Crippen LogP contribution in [-0.4, -0.2) is 56.5 Å². The Morgan fingerprint density at radius 3 is 0.500 bits per heavy atom. The molecule has 0 radical (unpaired) electrons. The summed E-state index contributed by atoms with van der Waals surface area (Å²) in [6, 6.07) is 0. The molecule has 0 spiro atoms. The van der Waals surface area contributed by atoms with Crippen molar-refractivity contribution in [3.63, 3.8) is 0 Å². The maximum atomic E-state index is 9.00. The van der Waals surface area contributed by atoms with Crippen molar-refractivity contribution in [2.45, 2.75) is 27.7 Å². The van der Waals surface area contributed by atoms with Crippen LogP contribution in [0.4, 0.5) is 0 Å². The number of aliphatic hydroxyl groups excluding tert-OH is 1. The second kappa shape index (κ2) is 29.4. The highest BCUT2D eigenvalue weighted by Crippen LogP contribution is 1.43. The van der Waals surface area contributed by atoms with Crippen LogP contribution >= 0.6 is 0 Å². The summed E-state index contributed by atoms with van der Waals surface area (Å²) in [4.78, 5) is 36.0. The van der Waals surface area contributed by atoms with Gasteiger partial charge in [-0.3, -0.25) is 19.2 Å². The van der Waals surface area contributed by atoms with Crippen LogP contribution in [0.3, 0.4) is 0 Å². The molecule has 0 aliphatic carbocycles. The van der Waals surface area contributed by atoms with Gasteiger partial charge in [0.05, 0.1) is 0 Å². The maximum absolute atomic E-state index is 9.00. The van der Waals surface area contributed by atoms with E-state index in [1.165, 1.54) is 0 Å². The standard InChI is InChI=1S/4C2H4O2.CH4O/c4*1-2(3)4;1-2/h4*1H3,(H,3,4);2H,1H3. The van der Waals surface area contributed by atoms with Crippen molar-refractivity contribution in [2.24, 2.45) is 0 Å². The molecule has 0 aromatic heterocycles. The molecule has 5 N–H and O–H groups in total. The molecule has 0 aromatic rings. The van der Waals surface area contributed by atoms with Crippen LogP contribution in [0.1, 0.15) is 27.7 Å². The van der Waals surface area contributed by atoms with Gasteiger partial charge in [0.15, 0.2) is 0 Å². The van der Waals surface area contributed by atoms with Crippen molar-refractivity contribution in [3.05, 3.63) is 0 Å². The van der Waals surface area contributed by atoms with Crippen molar-refractivity contribution in [2.75, 3.05) is 7.11 Å². The normalized spacial score (nSPS) is 5.89. The van der Waals surface area contributed by atoms with E-state index in [0.717, 1.165) is 34.8 Å². The van der Waals surface area contributed by atoms with Gasteiger partial charge < -0.3 is 25.5 Å². The van der Waals surface area contributed by atoms with E-state index in [2.05, 4.69) is 0 Å². The quantitative estimate of drug-likeness (QED) is 0.406. The minimum Gasteiger partial charge on any atom is -0.481 e. The minimum atomic E-state index is -0.833. The van der Waals surface area contributed by atoms with Crippen LogP contribution in [0.2, 0.25) is 0 Å². The largest absolute Gasteiger partial charge is 0.481 e. The van der Waals surface area contributed by atoms with Crippen LogP contribution in [-0.2, 0) is 19.2 Å². The molecule has 9 heteroatoms. The summed E-state index contributed by atoms with van der Waals surface area (Å²) in [7, 11) is 1.00. The average molecular weight is 272 g/mol. The number of carbonyl (C=O) groups is 4. The first kappa shape index (κ1) is 29.7. The molecule has 9 nitrogen and oxygen atoms in total. The second-order valence-corrected chi connectivity index (χ2v) is 2.08. The van der Waals surface area contributed by atoms with Gasteiger partial charge in [0.1, 0.15) is 0 Å². The Morgan fingerprint density at radius 1 is 0.500 bits per heavy atom. The fourth-order valence-corrected chi connectivity index (χ4v) is 0. The topological polar surface area (TPSA) is 169 Å². The Balaban J connectivity index is -0.0000000399. The number of aliphatic carboxylic acids is 4. The smallest absolute Gasteiger partial charge is 0.300 e. The van der Waals surface area contributed by atoms with Crippen LogP contribution in [0.5, 0.6) is 0 Å². The van der Waals surface area contributed by atoms with E-state index < -0.39 is 23.9 Å². The molecule has 0 aliphatic heterocycles. The Hall–Kier alpha value is -2.16. The third-order valence-corrected chi connectivity index (χ3v) is 0. The fraction of sp³-hybridized carbons (Fsp3) is 0.556. The van der Waals surface area contributed by atoms with Gasteiger partial charge in [0.2, 0.25) is 0 Å². The van der Waals surface area contributed by atoms with Gasteiger partial charge in [-0.2, -0.15) is 0 Å². The zero-order valence-corrected chi connectivity index (χ0v) is 10.9. The monoisotopic (exact) mass is 272 g/mol. The van der Waals surface area contributed by atoms with Crippen molar-refractivity contribution in [1.29, 1.82) is 0 Å². The molecule has 110 valence electrons. The molecular weight excluding hydrogens is 252 g/mol. The van der Waals surface area contributed by atoms with Gasteiger partial charge in [-0.05, 0) is 0 Å². The molecule has 0 bridgehead atoms. The molecule has 0 rings (SSSR count).